The van der Waals surface area contributed by atoms with Crippen molar-refractivity contribution in [3.05, 3.63) is 65.0 Å². The summed E-state index contributed by atoms with van der Waals surface area (Å²) in [5.41, 5.74) is 0.537. The van der Waals surface area contributed by atoms with Crippen molar-refractivity contribution in [2.24, 2.45) is 23.2 Å². The monoisotopic (exact) mass is 525 g/mol. The number of halogens is 4. The number of nitriles is 1. The lowest BCUT2D eigenvalue weighted by molar-refractivity contribution is -0.140. The van der Waals surface area contributed by atoms with Crippen LogP contribution in [0.3, 0.4) is 0 Å². The van der Waals surface area contributed by atoms with Crippen LogP contribution in [0.2, 0.25) is 0 Å². The highest BCUT2D eigenvalue weighted by Gasteiger charge is 2.66. The lowest BCUT2D eigenvalue weighted by Crippen LogP contribution is -2.40. The first-order valence-electron chi connectivity index (χ1n) is 13.6. The normalized spacial score (nSPS) is 32.0. The van der Waals surface area contributed by atoms with E-state index < -0.39 is 17.6 Å². The second kappa shape index (κ2) is 9.08. The average Bonchev–Trinajstić information content (AvgIpc) is 3.77. The highest BCUT2D eigenvalue weighted by Crippen LogP contribution is 2.71. The molecule has 4 fully saturated rings. The second-order valence-corrected chi connectivity index (χ2v) is 11.8. The molecule has 3 unspecified atom stereocenters. The molecule has 1 aliphatic heterocycles. The van der Waals surface area contributed by atoms with Crippen molar-refractivity contribution in [1.29, 1.82) is 5.26 Å². The molecule has 1 heterocycles. The standard InChI is InChI=1S/C30H31F4N3O/c31-26-6-5-23(15-24(26)30(32,33)34)36-27(38)25-17-29(25,9-12-37-10-2-11-37)21-7-8-28(16-22(28)14-21)20-4-1-3-19(13-20)18-35/h1,3-6,13,15,21-22,25H,2,7-12,14,16-17H2,(H,36,38)/t21-,22?,25?,28-,29?/m1/s1. The summed E-state index contributed by atoms with van der Waals surface area (Å²) in [6, 6.07) is 12.8. The van der Waals surface area contributed by atoms with Crippen molar-refractivity contribution in [2.75, 3.05) is 25.0 Å². The Morgan fingerprint density at radius 2 is 1.95 bits per heavy atom. The largest absolute Gasteiger partial charge is 0.419 e. The van der Waals surface area contributed by atoms with E-state index in [4.69, 9.17) is 0 Å². The van der Waals surface area contributed by atoms with Gasteiger partial charge in [-0.2, -0.15) is 18.4 Å². The summed E-state index contributed by atoms with van der Waals surface area (Å²) in [4.78, 5) is 15.7. The Labute approximate surface area is 220 Å². The number of carbonyl (C=O) groups excluding carboxylic acids is 1. The lowest BCUT2D eigenvalue weighted by atomic mass is 9.70. The van der Waals surface area contributed by atoms with Crippen LogP contribution >= 0.6 is 0 Å². The molecule has 1 amide bonds. The summed E-state index contributed by atoms with van der Waals surface area (Å²) in [6.45, 7) is 3.10. The van der Waals surface area contributed by atoms with Gasteiger partial charge in [-0.25, -0.2) is 4.39 Å². The van der Waals surface area contributed by atoms with Gasteiger partial charge in [-0.15, -0.1) is 0 Å². The molecule has 200 valence electrons. The third kappa shape index (κ3) is 4.39. The number of hydrogen-bond donors (Lipinski definition) is 1. The summed E-state index contributed by atoms with van der Waals surface area (Å²) in [6.07, 6.45) is 2.21. The zero-order chi connectivity index (χ0) is 26.7. The summed E-state index contributed by atoms with van der Waals surface area (Å²) in [5, 5.41) is 12.0. The van der Waals surface area contributed by atoms with Crippen LogP contribution in [-0.4, -0.2) is 30.4 Å². The minimum Gasteiger partial charge on any atom is -0.326 e. The Kier molecular flexibility index (Phi) is 6.06. The topological polar surface area (TPSA) is 56.1 Å². The molecule has 5 atom stereocenters. The van der Waals surface area contributed by atoms with Gasteiger partial charge in [-0.3, -0.25) is 4.79 Å². The van der Waals surface area contributed by atoms with E-state index in [1.165, 1.54) is 18.1 Å². The van der Waals surface area contributed by atoms with Gasteiger partial charge in [-0.1, -0.05) is 12.1 Å². The highest BCUT2D eigenvalue weighted by molar-refractivity contribution is 5.95. The molecule has 0 radical (unpaired) electrons. The van der Waals surface area contributed by atoms with E-state index in [1.54, 1.807) is 0 Å². The molecule has 8 heteroatoms. The molecule has 0 aromatic heterocycles. The molecular formula is C30H31F4N3O. The van der Waals surface area contributed by atoms with Gasteiger partial charge in [0.1, 0.15) is 5.82 Å². The van der Waals surface area contributed by atoms with Gasteiger partial charge in [0, 0.05) is 11.6 Å². The van der Waals surface area contributed by atoms with E-state index in [0.29, 0.717) is 23.5 Å². The van der Waals surface area contributed by atoms with Crippen LogP contribution in [0.4, 0.5) is 23.2 Å². The maximum atomic E-state index is 13.7. The van der Waals surface area contributed by atoms with Crippen molar-refractivity contribution in [1.82, 2.24) is 4.90 Å². The Bertz CT molecular complexity index is 1300. The summed E-state index contributed by atoms with van der Waals surface area (Å²) < 4.78 is 53.3. The van der Waals surface area contributed by atoms with Crippen molar-refractivity contribution >= 4 is 11.6 Å². The van der Waals surface area contributed by atoms with Crippen LogP contribution < -0.4 is 5.32 Å². The van der Waals surface area contributed by atoms with Crippen molar-refractivity contribution in [2.45, 2.75) is 56.5 Å². The van der Waals surface area contributed by atoms with Gasteiger partial charge in [0.2, 0.25) is 5.91 Å². The Balaban J connectivity index is 1.18. The molecule has 1 saturated heterocycles. The Morgan fingerprint density at radius 3 is 2.63 bits per heavy atom. The van der Waals surface area contributed by atoms with Crippen LogP contribution in [0.25, 0.3) is 0 Å². The first kappa shape index (κ1) is 25.4. The number of benzene rings is 2. The molecule has 0 spiro atoms. The number of carbonyl (C=O) groups is 1. The quantitative estimate of drug-likeness (QED) is 0.419. The van der Waals surface area contributed by atoms with E-state index in [2.05, 4.69) is 22.4 Å². The number of alkyl halides is 3. The first-order valence-corrected chi connectivity index (χ1v) is 13.6. The van der Waals surface area contributed by atoms with Gasteiger partial charge < -0.3 is 10.2 Å². The molecule has 2 aromatic carbocycles. The van der Waals surface area contributed by atoms with E-state index in [1.807, 2.05) is 18.2 Å². The molecule has 3 saturated carbocycles. The number of anilines is 1. The number of nitrogens with zero attached hydrogens (tertiary/aromatic N) is 2. The molecule has 0 bridgehead atoms. The van der Waals surface area contributed by atoms with Crippen LogP contribution in [-0.2, 0) is 16.4 Å². The van der Waals surface area contributed by atoms with Crippen LogP contribution in [0.1, 0.15) is 61.6 Å². The van der Waals surface area contributed by atoms with E-state index in [-0.39, 0.29) is 28.3 Å². The maximum Gasteiger partial charge on any atom is 0.419 e. The van der Waals surface area contributed by atoms with Crippen LogP contribution in [0.15, 0.2) is 42.5 Å². The Morgan fingerprint density at radius 1 is 1.13 bits per heavy atom. The first-order chi connectivity index (χ1) is 18.1. The minimum absolute atomic E-state index is 0.0190. The van der Waals surface area contributed by atoms with E-state index in [0.717, 1.165) is 64.2 Å². The number of likely N-dealkylation sites (tertiary alicyclic amines) is 1. The fourth-order valence-corrected chi connectivity index (χ4v) is 7.44. The van der Waals surface area contributed by atoms with Crippen molar-refractivity contribution < 1.29 is 22.4 Å². The molecule has 38 heavy (non-hydrogen) atoms. The number of hydrogen-bond acceptors (Lipinski definition) is 3. The van der Waals surface area contributed by atoms with E-state index in [9.17, 15) is 27.6 Å². The number of nitrogens with one attached hydrogen (secondary N) is 1. The average molecular weight is 526 g/mol. The molecule has 4 nitrogen and oxygen atoms in total. The molecule has 6 rings (SSSR count). The second-order valence-electron chi connectivity index (χ2n) is 11.8. The van der Waals surface area contributed by atoms with Crippen LogP contribution in [0, 0.1) is 40.3 Å². The molecular weight excluding hydrogens is 494 g/mol. The van der Waals surface area contributed by atoms with Crippen molar-refractivity contribution in [3.63, 3.8) is 0 Å². The highest BCUT2D eigenvalue weighted by atomic mass is 19.4. The van der Waals surface area contributed by atoms with Crippen LogP contribution in [0.5, 0.6) is 0 Å². The van der Waals surface area contributed by atoms with Gasteiger partial charge in [0.15, 0.2) is 0 Å². The zero-order valence-electron chi connectivity index (χ0n) is 21.2. The lowest BCUT2D eigenvalue weighted by Gasteiger charge is -2.38. The number of amides is 1. The van der Waals surface area contributed by atoms with Gasteiger partial charge >= 0.3 is 6.18 Å². The minimum atomic E-state index is -4.82. The van der Waals surface area contributed by atoms with Gasteiger partial charge in [0.05, 0.1) is 17.2 Å². The summed E-state index contributed by atoms with van der Waals surface area (Å²) >= 11 is 0. The summed E-state index contributed by atoms with van der Waals surface area (Å²) in [5.74, 6) is -0.935. The van der Waals surface area contributed by atoms with Gasteiger partial charge in [0.25, 0.3) is 0 Å². The smallest absolute Gasteiger partial charge is 0.326 e. The third-order valence-corrected chi connectivity index (χ3v) is 9.94. The number of rotatable bonds is 7. The number of fused-ring (bicyclic) bond motifs is 1. The molecule has 2 aromatic rings. The third-order valence-electron chi connectivity index (χ3n) is 9.94. The van der Waals surface area contributed by atoms with E-state index >= 15 is 0 Å². The Hall–Kier alpha value is -2.92. The van der Waals surface area contributed by atoms with Gasteiger partial charge in [-0.05, 0) is 123 Å². The predicted molar refractivity (Wildman–Crippen MR) is 135 cm³/mol. The molecule has 3 aliphatic carbocycles. The fourth-order valence-electron chi connectivity index (χ4n) is 7.44. The summed E-state index contributed by atoms with van der Waals surface area (Å²) in [7, 11) is 0. The maximum absolute atomic E-state index is 13.7. The molecule has 4 aliphatic rings. The predicted octanol–water partition coefficient (Wildman–Crippen LogP) is 6.51. The zero-order valence-corrected chi connectivity index (χ0v) is 21.2. The molecule has 1 N–H and O–H groups in total. The fraction of sp³-hybridized carbons (Fsp3) is 0.533. The SMILES string of the molecule is N#Cc1cccc([C@]23CC[C@@H](C4(CCN5CCC5)CC4C(=O)Nc4ccc(F)c(C(F)(F)F)c4)CC2C3)c1. The van der Waals surface area contributed by atoms with Crippen molar-refractivity contribution in [3.8, 4) is 6.07 Å².